The lowest BCUT2D eigenvalue weighted by Crippen LogP contribution is -2.18. The van der Waals surface area contributed by atoms with Crippen LogP contribution in [0.5, 0.6) is 0 Å². The number of benzene rings is 1. The zero-order valence-corrected chi connectivity index (χ0v) is 13.2. The largest absolute Gasteiger partial charge is 0.363 e. The van der Waals surface area contributed by atoms with Gasteiger partial charge >= 0.3 is 0 Å². The Morgan fingerprint density at radius 2 is 2.05 bits per heavy atom. The van der Waals surface area contributed by atoms with Gasteiger partial charge in [-0.05, 0) is 30.4 Å². The number of halogens is 1. The molecule has 0 saturated carbocycles. The fourth-order valence-electron chi connectivity index (χ4n) is 2.85. The summed E-state index contributed by atoms with van der Waals surface area (Å²) in [5, 5.41) is 4.04. The Labute approximate surface area is 130 Å². The van der Waals surface area contributed by atoms with Gasteiger partial charge in [0.05, 0.1) is 6.04 Å². The smallest absolute Gasteiger partial charge is 0.135 e. The van der Waals surface area contributed by atoms with Crippen LogP contribution in [0, 0.1) is 0 Å². The Morgan fingerprint density at radius 1 is 1.24 bits per heavy atom. The molecule has 0 spiro atoms. The highest BCUT2D eigenvalue weighted by molar-refractivity contribution is 6.29. The zero-order valence-electron chi connectivity index (χ0n) is 12.4. The van der Waals surface area contributed by atoms with Crippen molar-refractivity contribution in [3.05, 3.63) is 52.4 Å². The molecule has 1 heterocycles. The second-order valence-corrected chi connectivity index (χ2v) is 6.26. The molecule has 0 radical (unpaired) electrons. The lowest BCUT2D eigenvalue weighted by atomic mass is 9.88. The quantitative estimate of drug-likeness (QED) is 0.832. The average Bonchev–Trinajstić information content (AvgIpc) is 2.47. The molecule has 1 aromatic heterocycles. The molecule has 3 nitrogen and oxygen atoms in total. The summed E-state index contributed by atoms with van der Waals surface area (Å²) in [5.74, 6) is 1.87. The minimum absolute atomic E-state index is 0.267. The van der Waals surface area contributed by atoms with E-state index < -0.39 is 0 Å². The van der Waals surface area contributed by atoms with Crippen LogP contribution >= 0.6 is 11.6 Å². The van der Waals surface area contributed by atoms with Gasteiger partial charge < -0.3 is 5.32 Å². The fraction of sp³-hybridized carbons (Fsp3) is 0.412. The third-order valence-electron chi connectivity index (χ3n) is 3.92. The van der Waals surface area contributed by atoms with E-state index in [9.17, 15) is 0 Å². The first-order chi connectivity index (χ1) is 10.1. The van der Waals surface area contributed by atoms with E-state index >= 15 is 0 Å². The van der Waals surface area contributed by atoms with Crippen molar-refractivity contribution in [3.63, 3.8) is 0 Å². The lowest BCUT2D eigenvalue weighted by Gasteiger charge is -2.27. The van der Waals surface area contributed by atoms with Gasteiger partial charge in [-0.25, -0.2) is 9.97 Å². The van der Waals surface area contributed by atoms with Gasteiger partial charge in [0, 0.05) is 12.0 Å². The van der Waals surface area contributed by atoms with E-state index in [1.165, 1.54) is 17.5 Å². The van der Waals surface area contributed by atoms with Crippen molar-refractivity contribution in [1.29, 1.82) is 0 Å². The van der Waals surface area contributed by atoms with E-state index in [2.05, 4.69) is 53.4 Å². The Kier molecular flexibility index (Phi) is 4.11. The van der Waals surface area contributed by atoms with Crippen LogP contribution in [0.1, 0.15) is 55.6 Å². The van der Waals surface area contributed by atoms with Gasteiger partial charge in [0.1, 0.15) is 16.8 Å². The first kappa shape index (κ1) is 14.3. The molecular weight excluding hydrogens is 282 g/mol. The standard InChI is InChI=1S/C17H20ClN3/c1-11(2)17-20-15(18)10-16(21-17)19-14-9-5-7-12-6-3-4-8-13(12)14/h3-4,6,8,10-11,14H,5,7,9H2,1-2H3,(H,19,20,21). The minimum Gasteiger partial charge on any atom is -0.363 e. The number of aromatic nitrogens is 2. The Bertz CT molecular complexity index is 640. The van der Waals surface area contributed by atoms with Crippen LogP contribution in [-0.4, -0.2) is 9.97 Å². The van der Waals surface area contributed by atoms with Crippen molar-refractivity contribution in [3.8, 4) is 0 Å². The van der Waals surface area contributed by atoms with E-state index in [1.807, 2.05) is 6.07 Å². The van der Waals surface area contributed by atoms with Gasteiger partial charge in [0.15, 0.2) is 0 Å². The van der Waals surface area contributed by atoms with Crippen molar-refractivity contribution in [2.24, 2.45) is 0 Å². The number of anilines is 1. The number of fused-ring (bicyclic) bond motifs is 1. The summed E-state index contributed by atoms with van der Waals surface area (Å²) in [6.45, 7) is 4.15. The molecule has 2 aromatic rings. The number of nitrogens with zero attached hydrogens (tertiary/aromatic N) is 2. The fourth-order valence-corrected chi connectivity index (χ4v) is 3.04. The summed E-state index contributed by atoms with van der Waals surface area (Å²) in [5.41, 5.74) is 2.81. The highest BCUT2D eigenvalue weighted by Crippen LogP contribution is 2.32. The molecule has 1 aromatic carbocycles. The van der Waals surface area contributed by atoms with Gasteiger partial charge in [-0.1, -0.05) is 49.7 Å². The van der Waals surface area contributed by atoms with Gasteiger partial charge in [-0.2, -0.15) is 0 Å². The molecule has 0 aliphatic heterocycles. The number of rotatable bonds is 3. The molecule has 1 aliphatic carbocycles. The number of hydrogen-bond acceptors (Lipinski definition) is 3. The van der Waals surface area contributed by atoms with Gasteiger partial charge in [-0.3, -0.25) is 0 Å². The molecule has 0 fully saturated rings. The van der Waals surface area contributed by atoms with Crippen LogP contribution < -0.4 is 5.32 Å². The third kappa shape index (κ3) is 3.18. The molecule has 1 unspecified atom stereocenters. The Morgan fingerprint density at radius 3 is 2.86 bits per heavy atom. The van der Waals surface area contributed by atoms with E-state index in [-0.39, 0.29) is 5.92 Å². The normalized spacial score (nSPS) is 17.6. The summed E-state index contributed by atoms with van der Waals surface area (Å²) < 4.78 is 0. The first-order valence-corrected chi connectivity index (χ1v) is 7.90. The molecule has 1 aliphatic rings. The SMILES string of the molecule is CC(C)c1nc(Cl)cc(NC2CCCc3ccccc32)n1. The number of hydrogen-bond donors (Lipinski definition) is 1. The summed E-state index contributed by atoms with van der Waals surface area (Å²) in [6.07, 6.45) is 3.48. The summed E-state index contributed by atoms with van der Waals surface area (Å²) in [6, 6.07) is 10.8. The number of nitrogens with one attached hydrogen (secondary N) is 1. The predicted octanol–water partition coefficient (Wildman–Crippen LogP) is 4.74. The van der Waals surface area contributed by atoms with Gasteiger partial charge in [0.25, 0.3) is 0 Å². The molecule has 1 N–H and O–H groups in total. The summed E-state index contributed by atoms with van der Waals surface area (Å²) in [4.78, 5) is 8.88. The van der Waals surface area contributed by atoms with Crippen molar-refractivity contribution in [2.75, 3.05) is 5.32 Å². The van der Waals surface area contributed by atoms with E-state index in [0.29, 0.717) is 11.2 Å². The van der Waals surface area contributed by atoms with Crippen LogP contribution in [-0.2, 0) is 6.42 Å². The molecule has 0 bridgehead atoms. The summed E-state index contributed by atoms with van der Waals surface area (Å²) in [7, 11) is 0. The highest BCUT2D eigenvalue weighted by atomic mass is 35.5. The van der Waals surface area contributed by atoms with Crippen molar-refractivity contribution >= 4 is 17.4 Å². The van der Waals surface area contributed by atoms with Crippen LogP contribution in [0.2, 0.25) is 5.15 Å². The predicted molar refractivity (Wildman–Crippen MR) is 86.9 cm³/mol. The zero-order chi connectivity index (χ0) is 14.8. The van der Waals surface area contributed by atoms with Crippen LogP contribution in [0.4, 0.5) is 5.82 Å². The monoisotopic (exact) mass is 301 g/mol. The lowest BCUT2D eigenvalue weighted by molar-refractivity contribution is 0.597. The molecular formula is C17H20ClN3. The Hall–Kier alpha value is -1.61. The molecule has 4 heteroatoms. The minimum atomic E-state index is 0.267. The second kappa shape index (κ2) is 6.02. The topological polar surface area (TPSA) is 37.8 Å². The van der Waals surface area contributed by atoms with E-state index in [4.69, 9.17) is 11.6 Å². The second-order valence-electron chi connectivity index (χ2n) is 5.88. The Balaban J connectivity index is 1.88. The molecule has 1 atom stereocenters. The van der Waals surface area contributed by atoms with E-state index in [0.717, 1.165) is 24.5 Å². The van der Waals surface area contributed by atoms with Crippen LogP contribution in [0.3, 0.4) is 0 Å². The van der Waals surface area contributed by atoms with Crippen molar-refractivity contribution in [2.45, 2.75) is 45.1 Å². The molecule has 21 heavy (non-hydrogen) atoms. The highest BCUT2D eigenvalue weighted by Gasteiger charge is 2.20. The maximum atomic E-state index is 6.12. The third-order valence-corrected chi connectivity index (χ3v) is 4.11. The molecule has 3 rings (SSSR count). The van der Waals surface area contributed by atoms with Gasteiger partial charge in [0.2, 0.25) is 0 Å². The van der Waals surface area contributed by atoms with Crippen LogP contribution in [0.25, 0.3) is 0 Å². The molecule has 110 valence electrons. The molecule has 0 saturated heterocycles. The summed E-state index contributed by atoms with van der Waals surface area (Å²) >= 11 is 6.12. The first-order valence-electron chi connectivity index (χ1n) is 7.52. The molecule has 0 amide bonds. The maximum absolute atomic E-state index is 6.12. The van der Waals surface area contributed by atoms with Crippen molar-refractivity contribution < 1.29 is 0 Å². The van der Waals surface area contributed by atoms with Crippen molar-refractivity contribution in [1.82, 2.24) is 9.97 Å². The van der Waals surface area contributed by atoms with Crippen LogP contribution in [0.15, 0.2) is 30.3 Å². The number of aryl methyl sites for hydroxylation is 1. The van der Waals surface area contributed by atoms with E-state index in [1.54, 1.807) is 0 Å². The van der Waals surface area contributed by atoms with Gasteiger partial charge in [-0.15, -0.1) is 0 Å². The maximum Gasteiger partial charge on any atom is 0.135 e. The average molecular weight is 302 g/mol.